The third-order valence-electron chi connectivity index (χ3n) is 3.93. The molecule has 0 aromatic heterocycles. The molecule has 1 N–H and O–H groups in total. The van der Waals surface area contributed by atoms with Gasteiger partial charge in [-0.15, -0.1) is 0 Å². The summed E-state index contributed by atoms with van der Waals surface area (Å²) in [6.07, 6.45) is 4.18. The first-order valence-corrected chi connectivity index (χ1v) is 8.96. The number of para-hydroxylation sites is 2. The van der Waals surface area contributed by atoms with Gasteiger partial charge in [0.1, 0.15) is 5.75 Å². The van der Waals surface area contributed by atoms with E-state index in [2.05, 4.69) is 19.2 Å². The molecule has 27 heavy (non-hydrogen) atoms. The Bertz CT molecular complexity index is 784. The zero-order chi connectivity index (χ0) is 19.6. The van der Waals surface area contributed by atoms with E-state index in [1.807, 2.05) is 30.3 Å². The summed E-state index contributed by atoms with van der Waals surface area (Å²) in [5.74, 6) is 2.30. The molecular weight excluding hydrogens is 342 g/mol. The molecule has 2 aromatic carbocycles. The Morgan fingerprint density at radius 2 is 1.78 bits per heavy atom. The molecule has 0 fully saturated rings. The lowest BCUT2D eigenvalue weighted by molar-refractivity contribution is -0.111. The van der Waals surface area contributed by atoms with Crippen molar-refractivity contribution in [3.05, 3.63) is 54.1 Å². The largest absolute Gasteiger partial charge is 0.495 e. The molecule has 0 atom stereocenters. The van der Waals surface area contributed by atoms with Gasteiger partial charge in [-0.3, -0.25) is 4.79 Å². The number of methoxy groups -OCH3 is 2. The van der Waals surface area contributed by atoms with Crippen molar-refractivity contribution in [2.45, 2.75) is 20.3 Å². The monoisotopic (exact) mass is 369 g/mol. The second-order valence-corrected chi connectivity index (χ2v) is 6.46. The van der Waals surface area contributed by atoms with Gasteiger partial charge in [0.2, 0.25) is 5.91 Å². The van der Waals surface area contributed by atoms with Crippen molar-refractivity contribution in [2.24, 2.45) is 5.92 Å². The minimum Gasteiger partial charge on any atom is -0.495 e. The summed E-state index contributed by atoms with van der Waals surface area (Å²) < 4.78 is 16.4. The number of benzene rings is 2. The van der Waals surface area contributed by atoms with Crippen LogP contribution >= 0.6 is 0 Å². The molecule has 0 aliphatic heterocycles. The van der Waals surface area contributed by atoms with Crippen molar-refractivity contribution >= 4 is 17.7 Å². The predicted molar refractivity (Wildman–Crippen MR) is 109 cm³/mol. The molecule has 0 spiro atoms. The number of nitrogens with one attached hydrogen (secondary N) is 1. The van der Waals surface area contributed by atoms with Crippen LogP contribution in [-0.4, -0.2) is 26.7 Å². The minimum absolute atomic E-state index is 0.240. The van der Waals surface area contributed by atoms with E-state index in [9.17, 15) is 4.79 Å². The van der Waals surface area contributed by atoms with Gasteiger partial charge < -0.3 is 19.5 Å². The molecule has 144 valence electrons. The van der Waals surface area contributed by atoms with Crippen LogP contribution < -0.4 is 19.5 Å². The van der Waals surface area contributed by atoms with E-state index >= 15 is 0 Å². The van der Waals surface area contributed by atoms with Gasteiger partial charge in [0.05, 0.1) is 26.5 Å². The van der Waals surface area contributed by atoms with Gasteiger partial charge in [-0.05, 0) is 48.2 Å². The molecule has 0 radical (unpaired) electrons. The topological polar surface area (TPSA) is 56.8 Å². The molecule has 1 amide bonds. The number of hydrogen-bond acceptors (Lipinski definition) is 4. The second-order valence-electron chi connectivity index (χ2n) is 6.46. The standard InChI is InChI=1S/C22H27NO4/c1-16(2)13-14-27-20-11-9-17(15-21(20)26-4)10-12-22(24)23-18-7-5-6-8-19(18)25-3/h5-12,15-16H,13-14H2,1-4H3,(H,23,24)/b12-10+. The van der Waals surface area contributed by atoms with E-state index in [0.29, 0.717) is 35.5 Å². The van der Waals surface area contributed by atoms with Gasteiger partial charge in [-0.2, -0.15) is 0 Å². The average Bonchev–Trinajstić information content (AvgIpc) is 2.67. The van der Waals surface area contributed by atoms with E-state index in [-0.39, 0.29) is 5.91 Å². The molecule has 0 bridgehead atoms. The Morgan fingerprint density at radius 1 is 1.04 bits per heavy atom. The zero-order valence-electron chi connectivity index (χ0n) is 16.3. The fourth-order valence-electron chi connectivity index (χ4n) is 2.41. The predicted octanol–water partition coefficient (Wildman–Crippen LogP) is 4.78. The van der Waals surface area contributed by atoms with Crippen molar-refractivity contribution in [3.63, 3.8) is 0 Å². The molecule has 0 saturated carbocycles. The summed E-state index contributed by atoms with van der Waals surface area (Å²) in [7, 11) is 3.17. The first-order valence-electron chi connectivity index (χ1n) is 8.96. The van der Waals surface area contributed by atoms with Crippen molar-refractivity contribution in [1.29, 1.82) is 0 Å². The Labute approximate surface area is 161 Å². The zero-order valence-corrected chi connectivity index (χ0v) is 16.3. The summed E-state index contributed by atoms with van der Waals surface area (Å²) in [5.41, 5.74) is 1.47. The van der Waals surface area contributed by atoms with Gasteiger partial charge in [0.15, 0.2) is 11.5 Å². The number of amides is 1. The molecule has 5 nitrogen and oxygen atoms in total. The van der Waals surface area contributed by atoms with Crippen LogP contribution in [0.4, 0.5) is 5.69 Å². The molecule has 0 unspecified atom stereocenters. The van der Waals surface area contributed by atoms with Crippen LogP contribution in [0, 0.1) is 5.92 Å². The van der Waals surface area contributed by atoms with E-state index in [4.69, 9.17) is 14.2 Å². The van der Waals surface area contributed by atoms with Gasteiger partial charge in [0, 0.05) is 6.08 Å². The van der Waals surface area contributed by atoms with Crippen LogP contribution in [0.5, 0.6) is 17.2 Å². The number of carbonyl (C=O) groups excluding carboxylic acids is 1. The Morgan fingerprint density at radius 3 is 2.48 bits per heavy atom. The van der Waals surface area contributed by atoms with Gasteiger partial charge in [0.25, 0.3) is 0 Å². The van der Waals surface area contributed by atoms with Crippen LogP contribution in [0.25, 0.3) is 6.08 Å². The maximum absolute atomic E-state index is 12.2. The normalized spacial score (nSPS) is 10.9. The highest BCUT2D eigenvalue weighted by Crippen LogP contribution is 2.29. The Balaban J connectivity index is 2.02. The molecule has 2 aromatic rings. The van der Waals surface area contributed by atoms with E-state index in [0.717, 1.165) is 12.0 Å². The van der Waals surface area contributed by atoms with Crippen LogP contribution in [0.2, 0.25) is 0 Å². The van der Waals surface area contributed by atoms with Crippen molar-refractivity contribution in [3.8, 4) is 17.2 Å². The van der Waals surface area contributed by atoms with Gasteiger partial charge in [-0.25, -0.2) is 0 Å². The fourth-order valence-corrected chi connectivity index (χ4v) is 2.41. The molecule has 0 aliphatic carbocycles. The highest BCUT2D eigenvalue weighted by Gasteiger charge is 2.07. The molecular formula is C22H27NO4. The molecule has 0 saturated heterocycles. The van der Waals surface area contributed by atoms with E-state index in [1.165, 1.54) is 6.08 Å². The molecule has 0 aliphatic rings. The van der Waals surface area contributed by atoms with Crippen molar-refractivity contribution in [2.75, 3.05) is 26.1 Å². The number of ether oxygens (including phenoxy) is 3. The van der Waals surface area contributed by atoms with Gasteiger partial charge >= 0.3 is 0 Å². The second kappa shape index (κ2) is 10.3. The summed E-state index contributed by atoms with van der Waals surface area (Å²) in [6, 6.07) is 12.9. The molecule has 0 heterocycles. The first kappa shape index (κ1) is 20.4. The maximum atomic E-state index is 12.2. The Hall–Kier alpha value is -2.95. The van der Waals surface area contributed by atoms with Crippen molar-refractivity contribution in [1.82, 2.24) is 0 Å². The summed E-state index contributed by atoms with van der Waals surface area (Å²) >= 11 is 0. The lowest BCUT2D eigenvalue weighted by atomic mass is 10.1. The van der Waals surface area contributed by atoms with Crippen molar-refractivity contribution < 1.29 is 19.0 Å². The highest BCUT2D eigenvalue weighted by atomic mass is 16.5. The number of carbonyl (C=O) groups is 1. The lowest BCUT2D eigenvalue weighted by Gasteiger charge is -2.12. The number of rotatable bonds is 9. The molecule has 5 heteroatoms. The van der Waals surface area contributed by atoms with Crippen LogP contribution in [-0.2, 0) is 4.79 Å². The third kappa shape index (κ3) is 6.37. The Kier molecular flexibility index (Phi) is 7.74. The lowest BCUT2D eigenvalue weighted by Crippen LogP contribution is -2.08. The van der Waals surface area contributed by atoms with E-state index < -0.39 is 0 Å². The third-order valence-corrected chi connectivity index (χ3v) is 3.93. The maximum Gasteiger partial charge on any atom is 0.248 e. The van der Waals surface area contributed by atoms with Crippen LogP contribution in [0.3, 0.4) is 0 Å². The summed E-state index contributed by atoms with van der Waals surface area (Å²) in [6.45, 7) is 4.96. The summed E-state index contributed by atoms with van der Waals surface area (Å²) in [5, 5.41) is 2.80. The van der Waals surface area contributed by atoms with Crippen LogP contribution in [0.1, 0.15) is 25.8 Å². The first-order chi connectivity index (χ1) is 13.0. The number of anilines is 1. The average molecular weight is 369 g/mol. The number of hydrogen-bond donors (Lipinski definition) is 1. The van der Waals surface area contributed by atoms with E-state index in [1.54, 1.807) is 32.4 Å². The SMILES string of the molecule is COc1ccccc1NC(=O)/C=C/c1ccc(OCCC(C)C)c(OC)c1. The molecule has 2 rings (SSSR count). The van der Waals surface area contributed by atoms with Gasteiger partial charge in [-0.1, -0.05) is 32.0 Å². The summed E-state index contributed by atoms with van der Waals surface area (Å²) in [4.78, 5) is 12.2. The minimum atomic E-state index is -0.240. The fraction of sp³-hybridized carbons (Fsp3) is 0.318. The quantitative estimate of drug-likeness (QED) is 0.646. The highest BCUT2D eigenvalue weighted by molar-refractivity contribution is 6.02. The van der Waals surface area contributed by atoms with Crippen LogP contribution in [0.15, 0.2) is 48.5 Å². The smallest absolute Gasteiger partial charge is 0.248 e.